The number of imidazole rings is 1. The van der Waals surface area contributed by atoms with Crippen LogP contribution in [0.3, 0.4) is 0 Å². The highest BCUT2D eigenvalue weighted by Gasteiger charge is 2.07. The minimum absolute atomic E-state index is 0.341. The van der Waals surface area contributed by atoms with E-state index < -0.39 is 0 Å². The maximum atomic E-state index is 5.96. The lowest BCUT2D eigenvalue weighted by atomic mass is 10.2. The highest BCUT2D eigenvalue weighted by molar-refractivity contribution is 7.10. The Morgan fingerprint density at radius 3 is 3.05 bits per heavy atom. The maximum Gasteiger partial charge on any atom is 0.137 e. The first kappa shape index (κ1) is 12.7. The standard InChI is InChI=1S/C14H14ClN3S/c1-10(13-3-2-6-19-13)16-7-12-9-18-8-11(15)4-5-14(18)17-12/h2-6,8-10,16H,7H2,1H3/t10-/m0/s1. The van der Waals surface area contributed by atoms with Crippen LogP contribution in [0.25, 0.3) is 5.65 Å². The lowest BCUT2D eigenvalue weighted by molar-refractivity contribution is 0.577. The van der Waals surface area contributed by atoms with E-state index in [2.05, 4.69) is 34.7 Å². The van der Waals surface area contributed by atoms with Gasteiger partial charge in [-0.15, -0.1) is 11.3 Å². The van der Waals surface area contributed by atoms with E-state index >= 15 is 0 Å². The summed E-state index contributed by atoms with van der Waals surface area (Å²) >= 11 is 7.73. The predicted octanol–water partition coefficient (Wildman–Crippen LogP) is 3.90. The predicted molar refractivity (Wildman–Crippen MR) is 79.8 cm³/mol. The van der Waals surface area contributed by atoms with Gasteiger partial charge in [-0.25, -0.2) is 4.98 Å². The molecule has 3 aromatic heterocycles. The summed E-state index contributed by atoms with van der Waals surface area (Å²) in [7, 11) is 0. The van der Waals surface area contributed by atoms with Crippen LogP contribution in [0.15, 0.2) is 42.0 Å². The van der Waals surface area contributed by atoms with Crippen LogP contribution in [0, 0.1) is 0 Å². The quantitative estimate of drug-likeness (QED) is 0.790. The Kier molecular flexibility index (Phi) is 3.55. The highest BCUT2D eigenvalue weighted by atomic mass is 35.5. The first-order valence-electron chi connectivity index (χ1n) is 6.12. The molecule has 0 unspecified atom stereocenters. The summed E-state index contributed by atoms with van der Waals surface area (Å²) in [5.74, 6) is 0. The number of fused-ring (bicyclic) bond motifs is 1. The molecule has 0 saturated carbocycles. The number of halogens is 1. The molecular formula is C14H14ClN3S. The van der Waals surface area contributed by atoms with Crippen molar-refractivity contribution in [1.82, 2.24) is 14.7 Å². The molecule has 0 aliphatic carbocycles. The summed E-state index contributed by atoms with van der Waals surface area (Å²) in [4.78, 5) is 5.89. The van der Waals surface area contributed by atoms with Crippen molar-refractivity contribution in [2.75, 3.05) is 0 Å². The van der Waals surface area contributed by atoms with Crippen molar-refractivity contribution >= 4 is 28.6 Å². The van der Waals surface area contributed by atoms with Gasteiger partial charge in [0.05, 0.1) is 10.7 Å². The van der Waals surface area contributed by atoms with E-state index in [4.69, 9.17) is 11.6 Å². The summed E-state index contributed by atoms with van der Waals surface area (Å²) < 4.78 is 1.95. The van der Waals surface area contributed by atoms with Crippen LogP contribution in [0.1, 0.15) is 23.5 Å². The molecule has 98 valence electrons. The Morgan fingerprint density at radius 2 is 2.26 bits per heavy atom. The third-order valence-electron chi connectivity index (χ3n) is 3.02. The van der Waals surface area contributed by atoms with Gasteiger partial charge in [-0.1, -0.05) is 17.7 Å². The van der Waals surface area contributed by atoms with Gasteiger partial charge in [-0.05, 0) is 30.5 Å². The minimum Gasteiger partial charge on any atom is -0.305 e. The molecule has 0 radical (unpaired) electrons. The molecule has 19 heavy (non-hydrogen) atoms. The molecule has 0 aliphatic heterocycles. The molecule has 5 heteroatoms. The van der Waals surface area contributed by atoms with Gasteiger partial charge in [0.2, 0.25) is 0 Å². The molecular weight excluding hydrogens is 278 g/mol. The van der Waals surface area contributed by atoms with Gasteiger partial charge in [0.15, 0.2) is 0 Å². The number of thiophene rings is 1. The fourth-order valence-corrected chi connectivity index (χ4v) is 2.93. The first-order chi connectivity index (χ1) is 9.22. The fourth-order valence-electron chi connectivity index (χ4n) is 2.00. The second-order valence-electron chi connectivity index (χ2n) is 4.46. The van der Waals surface area contributed by atoms with Gasteiger partial charge in [0, 0.05) is 29.9 Å². The van der Waals surface area contributed by atoms with E-state index in [0.29, 0.717) is 6.04 Å². The number of aromatic nitrogens is 2. The average molecular weight is 292 g/mol. The van der Waals surface area contributed by atoms with Crippen molar-refractivity contribution in [3.63, 3.8) is 0 Å². The largest absolute Gasteiger partial charge is 0.305 e. The van der Waals surface area contributed by atoms with Crippen LogP contribution >= 0.6 is 22.9 Å². The van der Waals surface area contributed by atoms with Crippen molar-refractivity contribution in [3.05, 3.63) is 57.6 Å². The summed E-state index contributed by atoms with van der Waals surface area (Å²) in [6.45, 7) is 2.91. The van der Waals surface area contributed by atoms with Crippen molar-refractivity contribution in [1.29, 1.82) is 0 Å². The molecule has 0 aliphatic rings. The van der Waals surface area contributed by atoms with Crippen LogP contribution in [-0.4, -0.2) is 9.38 Å². The first-order valence-corrected chi connectivity index (χ1v) is 7.38. The highest BCUT2D eigenvalue weighted by Crippen LogP contribution is 2.18. The van der Waals surface area contributed by atoms with E-state index in [1.165, 1.54) is 4.88 Å². The second-order valence-corrected chi connectivity index (χ2v) is 5.88. The molecule has 1 atom stereocenters. The molecule has 3 rings (SSSR count). The molecule has 0 spiro atoms. The van der Waals surface area contributed by atoms with E-state index in [-0.39, 0.29) is 0 Å². The lowest BCUT2D eigenvalue weighted by Gasteiger charge is -2.10. The zero-order valence-corrected chi connectivity index (χ0v) is 12.1. The van der Waals surface area contributed by atoms with Crippen molar-refractivity contribution in [2.24, 2.45) is 0 Å². The SMILES string of the molecule is C[C@H](NCc1cn2cc(Cl)ccc2n1)c1cccs1. The molecule has 0 bridgehead atoms. The number of pyridine rings is 1. The third-order valence-corrected chi connectivity index (χ3v) is 4.30. The second kappa shape index (κ2) is 5.33. The topological polar surface area (TPSA) is 29.3 Å². The maximum absolute atomic E-state index is 5.96. The van der Waals surface area contributed by atoms with Crippen molar-refractivity contribution < 1.29 is 0 Å². The summed E-state index contributed by atoms with van der Waals surface area (Å²) in [5.41, 5.74) is 1.94. The van der Waals surface area contributed by atoms with E-state index in [0.717, 1.165) is 22.9 Å². The normalized spacial score (nSPS) is 12.9. The molecule has 3 aromatic rings. The lowest BCUT2D eigenvalue weighted by Crippen LogP contribution is -2.17. The molecule has 0 amide bonds. The van der Waals surface area contributed by atoms with Gasteiger partial charge in [0.1, 0.15) is 5.65 Å². The Hall–Kier alpha value is -1.36. The average Bonchev–Trinajstić information content (AvgIpc) is 3.04. The van der Waals surface area contributed by atoms with Crippen LogP contribution in [0.4, 0.5) is 0 Å². The van der Waals surface area contributed by atoms with Crippen molar-refractivity contribution in [3.8, 4) is 0 Å². The zero-order valence-electron chi connectivity index (χ0n) is 10.5. The Morgan fingerprint density at radius 1 is 1.37 bits per heavy atom. The third kappa shape index (κ3) is 2.81. The summed E-state index contributed by atoms with van der Waals surface area (Å²) in [6, 6.07) is 8.34. The molecule has 1 N–H and O–H groups in total. The van der Waals surface area contributed by atoms with Gasteiger partial charge < -0.3 is 9.72 Å². The molecule has 0 aromatic carbocycles. The molecule has 0 fully saturated rings. The number of nitrogens with one attached hydrogen (secondary N) is 1. The number of hydrogen-bond acceptors (Lipinski definition) is 3. The number of hydrogen-bond donors (Lipinski definition) is 1. The van der Waals surface area contributed by atoms with E-state index in [9.17, 15) is 0 Å². The fraction of sp³-hybridized carbons (Fsp3) is 0.214. The van der Waals surface area contributed by atoms with Gasteiger partial charge >= 0.3 is 0 Å². The molecule has 3 heterocycles. The van der Waals surface area contributed by atoms with E-state index in [1.54, 1.807) is 11.3 Å². The number of rotatable bonds is 4. The number of nitrogens with zero attached hydrogens (tertiary/aromatic N) is 2. The van der Waals surface area contributed by atoms with Crippen molar-refractivity contribution in [2.45, 2.75) is 19.5 Å². The molecule has 0 saturated heterocycles. The minimum atomic E-state index is 0.341. The molecule has 3 nitrogen and oxygen atoms in total. The zero-order chi connectivity index (χ0) is 13.2. The Labute approximate surface area is 120 Å². The monoisotopic (exact) mass is 291 g/mol. The van der Waals surface area contributed by atoms with Crippen LogP contribution < -0.4 is 5.32 Å². The van der Waals surface area contributed by atoms with Crippen LogP contribution in [0.2, 0.25) is 5.02 Å². The summed E-state index contributed by atoms with van der Waals surface area (Å²) in [6.07, 6.45) is 3.88. The van der Waals surface area contributed by atoms with Gasteiger partial charge in [0.25, 0.3) is 0 Å². The van der Waals surface area contributed by atoms with E-state index in [1.807, 2.05) is 28.9 Å². The summed E-state index contributed by atoms with van der Waals surface area (Å²) in [5, 5.41) is 6.29. The Bertz CT molecular complexity index is 675. The van der Waals surface area contributed by atoms with Gasteiger partial charge in [-0.3, -0.25) is 0 Å². The van der Waals surface area contributed by atoms with Crippen LogP contribution in [0.5, 0.6) is 0 Å². The Balaban J connectivity index is 1.71. The smallest absolute Gasteiger partial charge is 0.137 e. The van der Waals surface area contributed by atoms with Crippen LogP contribution in [-0.2, 0) is 6.54 Å². The van der Waals surface area contributed by atoms with Gasteiger partial charge in [-0.2, -0.15) is 0 Å².